The monoisotopic (exact) mass is 328 g/mol. The number of rotatable bonds is 10. The molecule has 0 fully saturated rings. The number of hydrogen-bond acceptors (Lipinski definition) is 8. The second-order valence-corrected chi connectivity index (χ2v) is 6.19. The third-order valence-electron chi connectivity index (χ3n) is 2.73. The summed E-state index contributed by atoms with van der Waals surface area (Å²) in [4.78, 5) is 4.55. The minimum atomic E-state index is 0.709. The number of thioether (sulfide) groups is 1. The Morgan fingerprint density at radius 3 is 3.10 bits per heavy atom. The third kappa shape index (κ3) is 5.34. The molecule has 2 heterocycles. The lowest BCUT2D eigenvalue weighted by Crippen LogP contribution is -2.24. The van der Waals surface area contributed by atoms with Crippen LogP contribution >= 0.6 is 23.1 Å². The van der Waals surface area contributed by atoms with E-state index in [1.807, 2.05) is 4.68 Å². The molecule has 0 atom stereocenters. The molecule has 0 unspecified atom stereocenters. The first-order valence-electron chi connectivity index (χ1n) is 6.85. The quantitative estimate of drug-likeness (QED) is 0.519. The Labute approximate surface area is 132 Å². The Morgan fingerprint density at radius 2 is 2.33 bits per heavy atom. The second-order valence-electron chi connectivity index (χ2n) is 4.30. The summed E-state index contributed by atoms with van der Waals surface area (Å²) < 4.78 is 6.80. The van der Waals surface area contributed by atoms with Gasteiger partial charge in [0.2, 0.25) is 5.16 Å². The molecule has 2 aromatic heterocycles. The first-order chi connectivity index (χ1) is 10.3. The standard InChI is InChI=1S/C12H20N6OS2/c1-3-11-14-10(8-20-11)9-21-12-15-16-17-18(12)6-4-13-5-7-19-2/h8,13H,3-7,9H2,1-2H3. The summed E-state index contributed by atoms with van der Waals surface area (Å²) in [5.74, 6) is 0.800. The highest BCUT2D eigenvalue weighted by Gasteiger charge is 2.08. The van der Waals surface area contributed by atoms with Gasteiger partial charge in [0.25, 0.3) is 0 Å². The van der Waals surface area contributed by atoms with E-state index in [1.165, 1.54) is 5.01 Å². The van der Waals surface area contributed by atoms with Crippen LogP contribution in [0.25, 0.3) is 0 Å². The van der Waals surface area contributed by atoms with Crippen LogP contribution in [0.5, 0.6) is 0 Å². The van der Waals surface area contributed by atoms with E-state index in [2.05, 4.69) is 38.1 Å². The van der Waals surface area contributed by atoms with Gasteiger partial charge in [0.1, 0.15) is 0 Å². The maximum absolute atomic E-state index is 4.98. The number of aromatic nitrogens is 5. The molecule has 2 rings (SSSR count). The van der Waals surface area contributed by atoms with E-state index in [0.29, 0.717) is 6.61 Å². The van der Waals surface area contributed by atoms with E-state index in [1.54, 1.807) is 30.2 Å². The molecule has 0 saturated carbocycles. The van der Waals surface area contributed by atoms with Crippen LogP contribution in [0.15, 0.2) is 10.5 Å². The second kappa shape index (κ2) is 9.08. The van der Waals surface area contributed by atoms with Crippen LogP contribution in [0, 0.1) is 0 Å². The number of nitrogens with zero attached hydrogens (tertiary/aromatic N) is 5. The zero-order valence-electron chi connectivity index (χ0n) is 12.3. The van der Waals surface area contributed by atoms with E-state index >= 15 is 0 Å². The van der Waals surface area contributed by atoms with Crippen molar-refractivity contribution in [2.75, 3.05) is 26.8 Å². The highest BCUT2D eigenvalue weighted by molar-refractivity contribution is 7.98. The van der Waals surface area contributed by atoms with Crippen LogP contribution in [-0.2, 0) is 23.5 Å². The number of methoxy groups -OCH3 is 1. The van der Waals surface area contributed by atoms with Crippen molar-refractivity contribution in [3.8, 4) is 0 Å². The van der Waals surface area contributed by atoms with Gasteiger partial charge in [0, 0.05) is 31.3 Å². The van der Waals surface area contributed by atoms with Crippen molar-refractivity contribution in [1.82, 2.24) is 30.5 Å². The summed E-state index contributed by atoms with van der Waals surface area (Å²) >= 11 is 3.33. The van der Waals surface area contributed by atoms with Crippen molar-refractivity contribution in [2.45, 2.75) is 30.8 Å². The van der Waals surface area contributed by atoms with Crippen molar-refractivity contribution in [1.29, 1.82) is 0 Å². The molecule has 0 spiro atoms. The summed E-state index contributed by atoms with van der Waals surface area (Å²) in [5, 5.41) is 19.2. The Morgan fingerprint density at radius 1 is 1.43 bits per heavy atom. The van der Waals surface area contributed by atoms with Gasteiger partial charge in [0.15, 0.2) is 0 Å². The molecule has 0 aliphatic heterocycles. The normalized spacial score (nSPS) is 11.1. The van der Waals surface area contributed by atoms with E-state index in [0.717, 1.165) is 42.7 Å². The predicted octanol–water partition coefficient (Wildman–Crippen LogP) is 1.22. The number of tetrazole rings is 1. The smallest absolute Gasteiger partial charge is 0.209 e. The molecule has 0 aliphatic carbocycles. The van der Waals surface area contributed by atoms with Crippen LogP contribution < -0.4 is 5.32 Å². The Hall–Kier alpha value is -1.03. The minimum Gasteiger partial charge on any atom is -0.383 e. The fourth-order valence-electron chi connectivity index (χ4n) is 1.64. The van der Waals surface area contributed by atoms with E-state index < -0.39 is 0 Å². The number of nitrogens with one attached hydrogen (secondary N) is 1. The number of thiazole rings is 1. The SMILES string of the molecule is CCc1nc(CSc2nnnn2CCNCCOC)cs1. The summed E-state index contributed by atoms with van der Waals surface area (Å²) in [6.45, 7) is 5.22. The van der Waals surface area contributed by atoms with Crippen LogP contribution in [0.2, 0.25) is 0 Å². The van der Waals surface area contributed by atoms with Crippen LogP contribution in [0.4, 0.5) is 0 Å². The molecular formula is C12H20N6OS2. The van der Waals surface area contributed by atoms with Gasteiger partial charge in [-0.15, -0.1) is 16.4 Å². The fraction of sp³-hybridized carbons (Fsp3) is 0.667. The zero-order chi connectivity index (χ0) is 14.9. The van der Waals surface area contributed by atoms with Gasteiger partial charge in [-0.25, -0.2) is 9.67 Å². The molecule has 7 nitrogen and oxygen atoms in total. The molecule has 0 aliphatic rings. The zero-order valence-corrected chi connectivity index (χ0v) is 13.9. The lowest BCUT2D eigenvalue weighted by Gasteiger charge is -2.05. The molecule has 0 amide bonds. The topological polar surface area (TPSA) is 77.8 Å². The molecule has 21 heavy (non-hydrogen) atoms. The van der Waals surface area contributed by atoms with Gasteiger partial charge >= 0.3 is 0 Å². The summed E-state index contributed by atoms with van der Waals surface area (Å²) in [6.07, 6.45) is 0.986. The first-order valence-corrected chi connectivity index (χ1v) is 8.72. The van der Waals surface area contributed by atoms with Gasteiger partial charge in [-0.2, -0.15) is 0 Å². The lowest BCUT2D eigenvalue weighted by molar-refractivity contribution is 0.199. The molecule has 0 bridgehead atoms. The van der Waals surface area contributed by atoms with Gasteiger partial charge in [0.05, 0.1) is 23.9 Å². The molecule has 0 saturated heterocycles. The van der Waals surface area contributed by atoms with E-state index in [9.17, 15) is 0 Å². The largest absolute Gasteiger partial charge is 0.383 e. The predicted molar refractivity (Wildman–Crippen MR) is 83.6 cm³/mol. The fourth-order valence-corrected chi connectivity index (χ4v) is 3.29. The number of ether oxygens (including phenoxy) is 1. The molecule has 2 aromatic rings. The van der Waals surface area contributed by atoms with Crippen molar-refractivity contribution in [3.63, 3.8) is 0 Å². The Balaban J connectivity index is 1.77. The molecular weight excluding hydrogens is 308 g/mol. The summed E-state index contributed by atoms with van der Waals surface area (Å²) in [5.41, 5.74) is 1.09. The highest BCUT2D eigenvalue weighted by Crippen LogP contribution is 2.21. The third-order valence-corrected chi connectivity index (χ3v) is 4.77. The Bertz CT molecular complexity index is 529. The maximum atomic E-state index is 4.98. The average molecular weight is 328 g/mol. The highest BCUT2D eigenvalue weighted by atomic mass is 32.2. The van der Waals surface area contributed by atoms with Gasteiger partial charge < -0.3 is 10.1 Å². The first kappa shape index (κ1) is 16.3. The van der Waals surface area contributed by atoms with E-state index in [4.69, 9.17) is 4.74 Å². The van der Waals surface area contributed by atoms with Crippen molar-refractivity contribution >= 4 is 23.1 Å². The van der Waals surface area contributed by atoms with Crippen LogP contribution in [0.1, 0.15) is 17.6 Å². The number of aryl methyl sites for hydroxylation is 1. The Kier molecular flexibility index (Phi) is 7.07. The molecule has 0 aromatic carbocycles. The number of hydrogen-bond donors (Lipinski definition) is 1. The summed E-state index contributed by atoms with van der Waals surface area (Å²) in [7, 11) is 1.69. The molecule has 0 radical (unpaired) electrons. The van der Waals surface area contributed by atoms with Crippen LogP contribution in [-0.4, -0.2) is 52.0 Å². The van der Waals surface area contributed by atoms with Gasteiger partial charge in [-0.1, -0.05) is 18.7 Å². The van der Waals surface area contributed by atoms with E-state index in [-0.39, 0.29) is 0 Å². The molecule has 116 valence electrons. The van der Waals surface area contributed by atoms with Crippen molar-refractivity contribution in [3.05, 3.63) is 16.1 Å². The minimum absolute atomic E-state index is 0.709. The summed E-state index contributed by atoms with van der Waals surface area (Å²) in [6, 6.07) is 0. The molecule has 9 heteroatoms. The van der Waals surface area contributed by atoms with Crippen LogP contribution in [0.3, 0.4) is 0 Å². The lowest BCUT2D eigenvalue weighted by atomic mass is 10.5. The van der Waals surface area contributed by atoms with Gasteiger partial charge in [-0.05, 0) is 16.8 Å². The van der Waals surface area contributed by atoms with Crippen molar-refractivity contribution in [2.24, 2.45) is 0 Å². The molecule has 1 N–H and O–H groups in total. The van der Waals surface area contributed by atoms with Crippen molar-refractivity contribution < 1.29 is 4.74 Å². The maximum Gasteiger partial charge on any atom is 0.209 e. The van der Waals surface area contributed by atoms with Gasteiger partial charge in [-0.3, -0.25) is 0 Å². The average Bonchev–Trinajstić information content (AvgIpc) is 3.13.